The zero-order valence-electron chi connectivity index (χ0n) is 11.9. The van der Waals surface area contributed by atoms with Crippen LogP contribution in [0.25, 0.3) is 0 Å². The van der Waals surface area contributed by atoms with E-state index in [9.17, 15) is 9.59 Å². The van der Waals surface area contributed by atoms with Gasteiger partial charge in [0.1, 0.15) is 5.82 Å². The Morgan fingerprint density at radius 3 is 2.59 bits per heavy atom. The monoisotopic (exact) mass is 296 g/mol. The van der Waals surface area contributed by atoms with Crippen molar-refractivity contribution in [2.75, 3.05) is 16.8 Å². The number of para-hydroxylation sites is 1. The Hall–Kier alpha value is -2.89. The molecule has 0 spiro atoms. The number of aromatic nitrogens is 1. The minimum atomic E-state index is -0.439. The van der Waals surface area contributed by atoms with E-state index >= 15 is 0 Å². The molecule has 2 heterocycles. The third-order valence-electron chi connectivity index (χ3n) is 3.63. The highest BCUT2D eigenvalue weighted by Gasteiger charge is 2.33. The number of hydrogen-bond donors (Lipinski definition) is 2. The maximum atomic E-state index is 11.9. The first-order valence-corrected chi connectivity index (χ1v) is 7.01. The molecule has 0 saturated carbocycles. The van der Waals surface area contributed by atoms with Crippen LogP contribution in [0.3, 0.4) is 0 Å². The lowest BCUT2D eigenvalue weighted by Gasteiger charge is -2.16. The third kappa shape index (κ3) is 2.90. The number of nitrogens with two attached hydrogens (primary N) is 1. The van der Waals surface area contributed by atoms with Crippen LogP contribution >= 0.6 is 0 Å². The van der Waals surface area contributed by atoms with Gasteiger partial charge in [0.05, 0.1) is 17.8 Å². The van der Waals surface area contributed by atoms with E-state index in [1.54, 1.807) is 23.2 Å². The van der Waals surface area contributed by atoms with E-state index in [0.717, 1.165) is 5.69 Å². The van der Waals surface area contributed by atoms with Gasteiger partial charge in [0.25, 0.3) is 0 Å². The molecular weight excluding hydrogens is 280 g/mol. The SMILES string of the molecule is NC(=O)C1CC(=O)N(c2ccc(Nc3ccccc3)nc2)C1. The molecule has 2 aromatic rings. The molecule has 1 atom stereocenters. The molecular formula is C16H16N4O2. The number of hydrogen-bond acceptors (Lipinski definition) is 4. The molecule has 1 aliphatic heterocycles. The molecule has 112 valence electrons. The average molecular weight is 296 g/mol. The van der Waals surface area contributed by atoms with Crippen LogP contribution in [0.2, 0.25) is 0 Å². The highest BCUT2D eigenvalue weighted by Crippen LogP contribution is 2.25. The predicted molar refractivity (Wildman–Crippen MR) is 83.6 cm³/mol. The van der Waals surface area contributed by atoms with Gasteiger partial charge in [0.2, 0.25) is 11.8 Å². The minimum absolute atomic E-state index is 0.102. The predicted octanol–water partition coefficient (Wildman–Crippen LogP) is 1.66. The Bertz CT molecular complexity index is 685. The first-order chi connectivity index (χ1) is 10.6. The van der Waals surface area contributed by atoms with Crippen LogP contribution in [0.5, 0.6) is 0 Å². The van der Waals surface area contributed by atoms with Gasteiger partial charge in [-0.3, -0.25) is 9.59 Å². The Morgan fingerprint density at radius 1 is 1.23 bits per heavy atom. The second kappa shape index (κ2) is 5.85. The number of carbonyl (C=O) groups excluding carboxylic acids is 2. The van der Waals surface area contributed by atoms with Gasteiger partial charge in [-0.25, -0.2) is 4.98 Å². The number of nitrogens with one attached hydrogen (secondary N) is 1. The maximum Gasteiger partial charge on any atom is 0.227 e. The van der Waals surface area contributed by atoms with E-state index in [-0.39, 0.29) is 12.3 Å². The zero-order chi connectivity index (χ0) is 15.5. The molecule has 1 aromatic carbocycles. The van der Waals surface area contributed by atoms with Crippen molar-refractivity contribution in [2.24, 2.45) is 11.7 Å². The van der Waals surface area contributed by atoms with Crippen LogP contribution in [0.1, 0.15) is 6.42 Å². The summed E-state index contributed by atoms with van der Waals surface area (Å²) in [5.74, 6) is -0.275. The van der Waals surface area contributed by atoms with Crippen molar-refractivity contribution in [3.63, 3.8) is 0 Å². The van der Waals surface area contributed by atoms with Crippen molar-refractivity contribution >= 4 is 29.0 Å². The van der Waals surface area contributed by atoms with Gasteiger partial charge in [-0.2, -0.15) is 0 Å². The normalized spacial score (nSPS) is 17.5. The summed E-state index contributed by atoms with van der Waals surface area (Å²) in [6.45, 7) is 0.321. The number of pyridine rings is 1. The first-order valence-electron chi connectivity index (χ1n) is 7.01. The topological polar surface area (TPSA) is 88.3 Å². The molecule has 0 radical (unpaired) electrons. The van der Waals surface area contributed by atoms with Gasteiger partial charge in [-0.15, -0.1) is 0 Å². The highest BCUT2D eigenvalue weighted by atomic mass is 16.2. The fourth-order valence-corrected chi connectivity index (χ4v) is 2.44. The van der Waals surface area contributed by atoms with E-state index in [1.807, 2.05) is 30.3 Å². The standard InChI is InChI=1S/C16H16N4O2/c17-16(22)11-8-15(21)20(10-11)13-6-7-14(18-9-13)19-12-4-2-1-3-5-12/h1-7,9,11H,8,10H2,(H2,17,22)(H,18,19). The van der Waals surface area contributed by atoms with Crippen molar-refractivity contribution in [1.82, 2.24) is 4.98 Å². The fraction of sp³-hybridized carbons (Fsp3) is 0.188. The smallest absolute Gasteiger partial charge is 0.227 e. The lowest BCUT2D eigenvalue weighted by molar-refractivity contribution is -0.123. The number of rotatable bonds is 4. The second-order valence-electron chi connectivity index (χ2n) is 5.20. The van der Waals surface area contributed by atoms with Crippen LogP contribution in [-0.2, 0) is 9.59 Å². The Balaban J connectivity index is 1.72. The van der Waals surface area contributed by atoms with E-state index < -0.39 is 11.8 Å². The van der Waals surface area contributed by atoms with E-state index in [0.29, 0.717) is 18.1 Å². The molecule has 1 aromatic heterocycles. The van der Waals surface area contributed by atoms with Crippen molar-refractivity contribution in [3.05, 3.63) is 48.7 Å². The van der Waals surface area contributed by atoms with Crippen LogP contribution < -0.4 is 16.0 Å². The van der Waals surface area contributed by atoms with E-state index in [1.165, 1.54) is 0 Å². The molecule has 6 heteroatoms. The van der Waals surface area contributed by atoms with Crippen molar-refractivity contribution in [1.29, 1.82) is 0 Å². The van der Waals surface area contributed by atoms with Gasteiger partial charge in [-0.05, 0) is 24.3 Å². The summed E-state index contributed by atoms with van der Waals surface area (Å²) in [4.78, 5) is 29.0. The summed E-state index contributed by atoms with van der Waals surface area (Å²) < 4.78 is 0. The zero-order valence-corrected chi connectivity index (χ0v) is 11.9. The van der Waals surface area contributed by atoms with Gasteiger partial charge >= 0.3 is 0 Å². The van der Waals surface area contributed by atoms with Gasteiger partial charge in [0, 0.05) is 18.7 Å². The molecule has 22 heavy (non-hydrogen) atoms. The van der Waals surface area contributed by atoms with Crippen LogP contribution in [0.15, 0.2) is 48.7 Å². The Kier molecular flexibility index (Phi) is 3.74. The maximum absolute atomic E-state index is 11.9. The quantitative estimate of drug-likeness (QED) is 0.898. The largest absolute Gasteiger partial charge is 0.369 e. The molecule has 3 rings (SSSR count). The van der Waals surface area contributed by atoms with E-state index in [2.05, 4.69) is 10.3 Å². The van der Waals surface area contributed by atoms with Gasteiger partial charge in [-0.1, -0.05) is 18.2 Å². The molecule has 0 aliphatic carbocycles. The number of amides is 2. The Labute approximate surface area is 127 Å². The first kappa shape index (κ1) is 14.1. The number of carbonyl (C=O) groups is 2. The number of anilines is 3. The minimum Gasteiger partial charge on any atom is -0.369 e. The summed E-state index contributed by atoms with van der Waals surface area (Å²) >= 11 is 0. The molecule has 1 fully saturated rings. The highest BCUT2D eigenvalue weighted by molar-refractivity contribution is 6.00. The number of nitrogens with zero attached hydrogens (tertiary/aromatic N) is 2. The van der Waals surface area contributed by atoms with Gasteiger partial charge in [0.15, 0.2) is 0 Å². The number of benzene rings is 1. The molecule has 6 nitrogen and oxygen atoms in total. The van der Waals surface area contributed by atoms with Crippen molar-refractivity contribution < 1.29 is 9.59 Å². The van der Waals surface area contributed by atoms with Gasteiger partial charge < -0.3 is 16.0 Å². The summed E-state index contributed by atoms with van der Waals surface area (Å²) in [6.07, 6.45) is 1.78. The lowest BCUT2D eigenvalue weighted by Crippen LogP contribution is -2.28. The molecule has 0 bridgehead atoms. The Morgan fingerprint density at radius 2 is 2.00 bits per heavy atom. The molecule has 1 saturated heterocycles. The van der Waals surface area contributed by atoms with Crippen molar-refractivity contribution in [2.45, 2.75) is 6.42 Å². The molecule has 3 N–H and O–H groups in total. The van der Waals surface area contributed by atoms with Crippen LogP contribution in [0.4, 0.5) is 17.2 Å². The lowest BCUT2D eigenvalue weighted by atomic mass is 10.1. The van der Waals surface area contributed by atoms with Crippen LogP contribution in [-0.4, -0.2) is 23.3 Å². The van der Waals surface area contributed by atoms with Crippen LogP contribution in [0, 0.1) is 5.92 Å². The summed E-state index contributed by atoms with van der Waals surface area (Å²) in [6, 6.07) is 13.3. The molecule has 1 aliphatic rings. The second-order valence-corrected chi connectivity index (χ2v) is 5.20. The summed E-state index contributed by atoms with van der Waals surface area (Å²) in [5, 5.41) is 3.17. The average Bonchev–Trinajstić information content (AvgIpc) is 2.91. The number of primary amides is 1. The molecule has 1 unspecified atom stereocenters. The third-order valence-corrected chi connectivity index (χ3v) is 3.63. The fourth-order valence-electron chi connectivity index (χ4n) is 2.44. The summed E-state index contributed by atoms with van der Waals surface area (Å²) in [5.41, 5.74) is 6.88. The van der Waals surface area contributed by atoms with Crippen molar-refractivity contribution in [3.8, 4) is 0 Å². The molecule has 2 amide bonds. The summed E-state index contributed by atoms with van der Waals surface area (Å²) in [7, 11) is 0. The van der Waals surface area contributed by atoms with E-state index in [4.69, 9.17) is 5.73 Å².